The highest BCUT2D eigenvalue weighted by molar-refractivity contribution is 6.33. The van der Waals surface area contributed by atoms with Crippen LogP contribution in [0.1, 0.15) is 24.8 Å². The van der Waals surface area contributed by atoms with Crippen LogP contribution in [-0.2, 0) is 4.79 Å². The van der Waals surface area contributed by atoms with Crippen LogP contribution in [0.15, 0.2) is 18.2 Å². The molecule has 1 unspecified atom stereocenters. The maximum absolute atomic E-state index is 11.5. The molecule has 0 aromatic heterocycles. The van der Waals surface area contributed by atoms with Gasteiger partial charge in [-0.1, -0.05) is 11.6 Å². The van der Waals surface area contributed by atoms with Crippen molar-refractivity contribution in [3.8, 4) is 6.07 Å². The van der Waals surface area contributed by atoms with Gasteiger partial charge in [0.05, 0.1) is 22.3 Å². The van der Waals surface area contributed by atoms with Gasteiger partial charge in [-0.25, -0.2) is 0 Å². The molecule has 4 nitrogen and oxygen atoms in total. The fraction of sp³-hybridized carbons (Fsp3) is 0.385. The first-order valence-electron chi connectivity index (χ1n) is 5.92. The van der Waals surface area contributed by atoms with Crippen molar-refractivity contribution in [3.63, 3.8) is 0 Å². The number of hydrogen-bond acceptors (Lipinski definition) is 3. The van der Waals surface area contributed by atoms with Crippen molar-refractivity contribution in [1.29, 1.82) is 5.26 Å². The van der Waals surface area contributed by atoms with Gasteiger partial charge in [0.15, 0.2) is 0 Å². The van der Waals surface area contributed by atoms with E-state index >= 15 is 0 Å². The highest BCUT2D eigenvalue weighted by Crippen LogP contribution is 2.25. The maximum atomic E-state index is 11.5. The van der Waals surface area contributed by atoms with Crippen LogP contribution in [0.4, 0.5) is 5.69 Å². The Morgan fingerprint density at radius 1 is 1.50 bits per heavy atom. The number of rotatable bonds is 2. The van der Waals surface area contributed by atoms with E-state index in [0.29, 0.717) is 17.0 Å². The number of nitrogens with zero attached hydrogens (tertiary/aromatic N) is 1. The lowest BCUT2D eigenvalue weighted by Gasteiger charge is -2.17. The van der Waals surface area contributed by atoms with Gasteiger partial charge >= 0.3 is 0 Å². The number of hydrogen-bond donors (Lipinski definition) is 2. The van der Waals surface area contributed by atoms with Gasteiger partial charge in [0.2, 0.25) is 5.91 Å². The summed E-state index contributed by atoms with van der Waals surface area (Å²) in [6, 6.07) is 7.22. The zero-order valence-corrected chi connectivity index (χ0v) is 10.6. The number of benzene rings is 1. The van der Waals surface area contributed by atoms with E-state index in [1.807, 2.05) is 0 Å². The first-order chi connectivity index (χ1) is 8.69. The van der Waals surface area contributed by atoms with Crippen LogP contribution in [0.3, 0.4) is 0 Å². The molecule has 18 heavy (non-hydrogen) atoms. The lowest BCUT2D eigenvalue weighted by atomic mass is 10.1. The lowest BCUT2D eigenvalue weighted by Crippen LogP contribution is -2.26. The van der Waals surface area contributed by atoms with Crippen LogP contribution >= 0.6 is 11.6 Å². The summed E-state index contributed by atoms with van der Waals surface area (Å²) in [7, 11) is 0. The summed E-state index contributed by atoms with van der Waals surface area (Å²) in [5, 5.41) is 15.5. The normalized spacial score (nSPS) is 19.6. The molecule has 1 atom stereocenters. The van der Waals surface area contributed by atoms with Crippen molar-refractivity contribution in [1.82, 2.24) is 5.32 Å². The molecule has 1 aromatic rings. The van der Waals surface area contributed by atoms with Crippen molar-refractivity contribution in [3.05, 3.63) is 28.8 Å². The molecule has 2 rings (SSSR count). The van der Waals surface area contributed by atoms with Gasteiger partial charge < -0.3 is 10.6 Å². The minimum Gasteiger partial charge on any atom is -0.381 e. The SMILES string of the molecule is N#Cc1ccc(Cl)c(NC2CCCNC(=O)C2)c1. The molecule has 1 saturated heterocycles. The summed E-state index contributed by atoms with van der Waals surface area (Å²) in [4.78, 5) is 11.5. The van der Waals surface area contributed by atoms with Crippen LogP contribution in [-0.4, -0.2) is 18.5 Å². The monoisotopic (exact) mass is 263 g/mol. The second kappa shape index (κ2) is 5.74. The van der Waals surface area contributed by atoms with Crippen molar-refractivity contribution < 1.29 is 4.79 Å². The third-order valence-corrected chi connectivity index (χ3v) is 3.27. The number of nitriles is 1. The molecule has 1 heterocycles. The van der Waals surface area contributed by atoms with Crippen molar-refractivity contribution in [2.24, 2.45) is 0 Å². The zero-order valence-electron chi connectivity index (χ0n) is 9.87. The number of carbonyl (C=O) groups excluding carboxylic acids is 1. The second-order valence-electron chi connectivity index (χ2n) is 4.34. The van der Waals surface area contributed by atoms with E-state index in [2.05, 4.69) is 16.7 Å². The van der Waals surface area contributed by atoms with Gasteiger partial charge in [0.1, 0.15) is 0 Å². The molecule has 0 saturated carbocycles. The minimum atomic E-state index is 0.0533. The first kappa shape index (κ1) is 12.7. The molecular weight excluding hydrogens is 250 g/mol. The summed E-state index contributed by atoms with van der Waals surface area (Å²) in [5.41, 5.74) is 1.27. The van der Waals surface area contributed by atoms with Crippen LogP contribution in [0.5, 0.6) is 0 Å². The van der Waals surface area contributed by atoms with Crippen molar-refractivity contribution in [2.75, 3.05) is 11.9 Å². The minimum absolute atomic E-state index is 0.0533. The fourth-order valence-electron chi connectivity index (χ4n) is 2.02. The third kappa shape index (κ3) is 3.14. The number of nitrogens with one attached hydrogen (secondary N) is 2. The number of halogens is 1. The molecule has 1 amide bonds. The Hall–Kier alpha value is -1.73. The molecule has 0 aliphatic carbocycles. The zero-order chi connectivity index (χ0) is 13.0. The van der Waals surface area contributed by atoms with Gasteiger partial charge in [0, 0.05) is 19.0 Å². The Morgan fingerprint density at radius 2 is 2.33 bits per heavy atom. The predicted octanol–water partition coefficient (Wildman–Crippen LogP) is 2.29. The van der Waals surface area contributed by atoms with Crippen molar-refractivity contribution >= 4 is 23.2 Å². The van der Waals surface area contributed by atoms with Gasteiger partial charge in [0.25, 0.3) is 0 Å². The summed E-state index contributed by atoms with van der Waals surface area (Å²) < 4.78 is 0. The Bertz CT molecular complexity index is 495. The van der Waals surface area contributed by atoms with Gasteiger partial charge in [-0.2, -0.15) is 5.26 Å². The van der Waals surface area contributed by atoms with E-state index in [9.17, 15) is 4.79 Å². The lowest BCUT2D eigenvalue weighted by molar-refractivity contribution is -0.120. The van der Waals surface area contributed by atoms with E-state index in [4.69, 9.17) is 16.9 Å². The van der Waals surface area contributed by atoms with E-state index in [-0.39, 0.29) is 11.9 Å². The van der Waals surface area contributed by atoms with E-state index in [0.717, 1.165) is 25.1 Å². The van der Waals surface area contributed by atoms with Gasteiger partial charge in [-0.05, 0) is 31.0 Å². The Balaban J connectivity index is 2.12. The topological polar surface area (TPSA) is 64.9 Å². The smallest absolute Gasteiger partial charge is 0.222 e. The quantitative estimate of drug-likeness (QED) is 0.860. The second-order valence-corrected chi connectivity index (χ2v) is 4.75. The Morgan fingerprint density at radius 3 is 3.11 bits per heavy atom. The number of anilines is 1. The molecule has 0 spiro atoms. The average Bonchev–Trinajstić information content (AvgIpc) is 2.56. The number of amides is 1. The molecule has 1 aromatic carbocycles. The average molecular weight is 264 g/mol. The Labute approximate surface area is 111 Å². The Kier molecular flexibility index (Phi) is 4.06. The van der Waals surface area contributed by atoms with Crippen LogP contribution in [0.25, 0.3) is 0 Å². The summed E-state index contributed by atoms with van der Waals surface area (Å²) in [6.45, 7) is 0.725. The molecule has 5 heteroatoms. The summed E-state index contributed by atoms with van der Waals surface area (Å²) >= 11 is 6.08. The van der Waals surface area contributed by atoms with Crippen LogP contribution < -0.4 is 10.6 Å². The summed E-state index contributed by atoms with van der Waals surface area (Å²) in [5.74, 6) is 0.0533. The third-order valence-electron chi connectivity index (χ3n) is 2.94. The standard InChI is InChI=1S/C13H14ClN3O/c14-11-4-3-9(8-15)6-12(11)17-10-2-1-5-16-13(18)7-10/h3-4,6,10,17H,1-2,5,7H2,(H,16,18). The van der Waals surface area contributed by atoms with E-state index < -0.39 is 0 Å². The fourth-order valence-corrected chi connectivity index (χ4v) is 2.19. The van der Waals surface area contributed by atoms with Gasteiger partial charge in [-0.3, -0.25) is 4.79 Å². The largest absolute Gasteiger partial charge is 0.381 e. The maximum Gasteiger partial charge on any atom is 0.222 e. The van der Waals surface area contributed by atoms with Gasteiger partial charge in [-0.15, -0.1) is 0 Å². The first-order valence-corrected chi connectivity index (χ1v) is 6.29. The predicted molar refractivity (Wildman–Crippen MR) is 70.4 cm³/mol. The summed E-state index contributed by atoms with van der Waals surface area (Å²) in [6.07, 6.45) is 2.29. The van der Waals surface area contributed by atoms with E-state index in [1.54, 1.807) is 18.2 Å². The molecule has 0 radical (unpaired) electrons. The molecule has 2 N–H and O–H groups in total. The molecular formula is C13H14ClN3O. The highest BCUT2D eigenvalue weighted by atomic mass is 35.5. The van der Waals surface area contributed by atoms with Crippen LogP contribution in [0, 0.1) is 11.3 Å². The number of carbonyl (C=O) groups is 1. The molecule has 1 fully saturated rings. The van der Waals surface area contributed by atoms with Crippen molar-refractivity contribution in [2.45, 2.75) is 25.3 Å². The highest BCUT2D eigenvalue weighted by Gasteiger charge is 2.18. The molecule has 1 aliphatic rings. The van der Waals surface area contributed by atoms with Crippen LogP contribution in [0.2, 0.25) is 5.02 Å². The molecule has 0 bridgehead atoms. The van der Waals surface area contributed by atoms with E-state index in [1.165, 1.54) is 0 Å². The molecule has 1 aliphatic heterocycles. The molecule has 94 valence electrons.